The van der Waals surface area contributed by atoms with Crippen LogP contribution in [0, 0.1) is 18.7 Å². The van der Waals surface area contributed by atoms with Gasteiger partial charge in [-0.3, -0.25) is 4.79 Å². The van der Waals surface area contributed by atoms with Crippen LogP contribution in [0.4, 0.5) is 4.39 Å². The van der Waals surface area contributed by atoms with Gasteiger partial charge in [0, 0.05) is 30.4 Å². The summed E-state index contributed by atoms with van der Waals surface area (Å²) in [6, 6.07) is 8.00. The quantitative estimate of drug-likeness (QED) is 0.817. The number of benzene rings is 1. The minimum absolute atomic E-state index is 0.0833. The summed E-state index contributed by atoms with van der Waals surface area (Å²) in [5.74, 6) is -0.428. The Morgan fingerprint density at radius 3 is 3.04 bits per heavy atom. The molecule has 6 nitrogen and oxygen atoms in total. The molecule has 1 amide bonds. The average molecular weight is 359 g/mol. The van der Waals surface area contributed by atoms with Gasteiger partial charge in [0.05, 0.1) is 13.2 Å². The van der Waals surface area contributed by atoms with E-state index in [0.29, 0.717) is 32.7 Å². The molecule has 1 saturated heterocycles. The number of para-hydroxylation sites is 1. The Morgan fingerprint density at radius 1 is 1.38 bits per heavy atom. The monoisotopic (exact) mass is 359 g/mol. The first-order valence-corrected chi connectivity index (χ1v) is 8.62. The van der Waals surface area contributed by atoms with Crippen molar-refractivity contribution in [2.45, 2.75) is 13.3 Å². The first kappa shape index (κ1) is 18.3. The minimum Gasteiger partial charge on any atom is -0.481 e. The molecular weight excluding hydrogens is 337 g/mol. The fourth-order valence-corrected chi connectivity index (χ4v) is 2.94. The van der Waals surface area contributed by atoms with E-state index in [4.69, 9.17) is 9.47 Å². The molecule has 0 bridgehead atoms. The molecule has 0 spiro atoms. The fourth-order valence-electron chi connectivity index (χ4n) is 2.94. The molecule has 1 atom stereocenters. The maximum atomic E-state index is 13.6. The van der Waals surface area contributed by atoms with Crippen molar-refractivity contribution in [3.05, 3.63) is 53.9 Å². The van der Waals surface area contributed by atoms with Gasteiger partial charge in [-0.05, 0) is 31.5 Å². The van der Waals surface area contributed by atoms with E-state index in [-0.39, 0.29) is 24.2 Å². The van der Waals surface area contributed by atoms with Crippen molar-refractivity contribution in [1.82, 2.24) is 14.9 Å². The molecule has 3 rings (SSSR count). The van der Waals surface area contributed by atoms with E-state index in [1.54, 1.807) is 23.4 Å². The van der Waals surface area contributed by atoms with E-state index in [0.717, 1.165) is 11.4 Å². The second kappa shape index (κ2) is 8.71. The largest absolute Gasteiger partial charge is 0.481 e. The standard InChI is InChI=1S/C19H22FN3O3/c1-14-8-16(22-13-21-14)9-15-10-23(6-7-25-11-15)19(24)12-26-18-5-3-2-4-17(18)20/h2-5,8,13,15H,6-7,9-12H2,1H3/t15-/m1/s1. The van der Waals surface area contributed by atoms with E-state index < -0.39 is 5.82 Å². The first-order chi connectivity index (χ1) is 12.6. The molecule has 0 aliphatic carbocycles. The van der Waals surface area contributed by atoms with Crippen molar-refractivity contribution in [3.8, 4) is 5.75 Å². The summed E-state index contributed by atoms with van der Waals surface area (Å²) in [7, 11) is 0. The Morgan fingerprint density at radius 2 is 2.23 bits per heavy atom. The maximum absolute atomic E-state index is 13.6. The fraction of sp³-hybridized carbons (Fsp3) is 0.421. The van der Waals surface area contributed by atoms with Gasteiger partial charge in [0.1, 0.15) is 6.33 Å². The average Bonchev–Trinajstić information content (AvgIpc) is 2.86. The molecule has 0 radical (unpaired) electrons. The zero-order valence-corrected chi connectivity index (χ0v) is 14.7. The number of rotatable bonds is 5. The van der Waals surface area contributed by atoms with E-state index in [9.17, 15) is 9.18 Å². The van der Waals surface area contributed by atoms with Crippen LogP contribution in [0.3, 0.4) is 0 Å². The molecule has 1 aromatic heterocycles. The summed E-state index contributed by atoms with van der Waals surface area (Å²) in [6.07, 6.45) is 2.26. The van der Waals surface area contributed by atoms with Crippen LogP contribution in [-0.2, 0) is 16.0 Å². The van der Waals surface area contributed by atoms with E-state index in [1.807, 2.05) is 13.0 Å². The normalized spacial score (nSPS) is 17.6. The number of aromatic nitrogens is 2. The van der Waals surface area contributed by atoms with E-state index in [1.165, 1.54) is 12.1 Å². The minimum atomic E-state index is -0.475. The number of aryl methyl sites for hydroxylation is 1. The van der Waals surface area contributed by atoms with Gasteiger partial charge in [-0.25, -0.2) is 14.4 Å². The first-order valence-electron chi connectivity index (χ1n) is 8.62. The topological polar surface area (TPSA) is 64.5 Å². The van der Waals surface area contributed by atoms with Gasteiger partial charge >= 0.3 is 0 Å². The molecule has 7 heteroatoms. The molecular formula is C19H22FN3O3. The Kier molecular flexibility index (Phi) is 6.12. The van der Waals surface area contributed by atoms with Crippen molar-refractivity contribution in [2.24, 2.45) is 5.92 Å². The molecule has 0 saturated carbocycles. The molecule has 138 valence electrons. The third kappa shape index (κ3) is 4.98. The van der Waals surface area contributed by atoms with Gasteiger partial charge in [0.2, 0.25) is 0 Å². The lowest BCUT2D eigenvalue weighted by molar-refractivity contribution is -0.133. The number of halogens is 1. The van der Waals surface area contributed by atoms with Crippen LogP contribution in [0.5, 0.6) is 5.75 Å². The van der Waals surface area contributed by atoms with Crippen molar-refractivity contribution in [2.75, 3.05) is 32.9 Å². The second-order valence-electron chi connectivity index (χ2n) is 6.35. The van der Waals surface area contributed by atoms with E-state index in [2.05, 4.69) is 9.97 Å². The Hall–Kier alpha value is -2.54. The van der Waals surface area contributed by atoms with Crippen molar-refractivity contribution in [3.63, 3.8) is 0 Å². The number of hydrogen-bond donors (Lipinski definition) is 0. The van der Waals surface area contributed by atoms with Gasteiger partial charge in [-0.1, -0.05) is 12.1 Å². The number of nitrogens with zero attached hydrogens (tertiary/aromatic N) is 3. The zero-order chi connectivity index (χ0) is 18.4. The highest BCUT2D eigenvalue weighted by Crippen LogP contribution is 2.16. The van der Waals surface area contributed by atoms with Crippen LogP contribution in [-0.4, -0.2) is 53.7 Å². The molecule has 2 heterocycles. The molecule has 1 fully saturated rings. The summed E-state index contributed by atoms with van der Waals surface area (Å²) >= 11 is 0. The van der Waals surface area contributed by atoms with E-state index >= 15 is 0 Å². The molecule has 26 heavy (non-hydrogen) atoms. The molecule has 2 aromatic rings. The third-order valence-electron chi connectivity index (χ3n) is 4.24. The summed E-state index contributed by atoms with van der Waals surface area (Å²) in [5, 5.41) is 0. The van der Waals surface area contributed by atoms with Gasteiger partial charge in [0.15, 0.2) is 18.2 Å². The highest BCUT2D eigenvalue weighted by molar-refractivity contribution is 5.77. The van der Waals surface area contributed by atoms with Gasteiger partial charge in [0.25, 0.3) is 5.91 Å². The van der Waals surface area contributed by atoms with Gasteiger partial charge < -0.3 is 14.4 Å². The Balaban J connectivity index is 1.58. The lowest BCUT2D eigenvalue weighted by atomic mass is 10.0. The van der Waals surface area contributed by atoms with Crippen molar-refractivity contribution >= 4 is 5.91 Å². The highest BCUT2D eigenvalue weighted by atomic mass is 19.1. The maximum Gasteiger partial charge on any atom is 0.260 e. The Labute approximate surface area is 152 Å². The van der Waals surface area contributed by atoms with Gasteiger partial charge in [-0.15, -0.1) is 0 Å². The van der Waals surface area contributed by atoms with Crippen LogP contribution in [0.2, 0.25) is 0 Å². The molecule has 0 N–H and O–H groups in total. The predicted octanol–water partition coefficient (Wildman–Crippen LogP) is 2.02. The lowest BCUT2D eigenvalue weighted by Gasteiger charge is -2.23. The molecule has 1 aliphatic rings. The number of carbonyl (C=O) groups is 1. The summed E-state index contributed by atoms with van der Waals surface area (Å²) in [6.45, 7) is 3.83. The number of amides is 1. The van der Waals surface area contributed by atoms with Gasteiger partial charge in [-0.2, -0.15) is 0 Å². The predicted molar refractivity (Wildman–Crippen MR) is 93.3 cm³/mol. The summed E-state index contributed by atoms with van der Waals surface area (Å²) in [5.41, 5.74) is 1.85. The van der Waals surface area contributed by atoms with Crippen LogP contribution >= 0.6 is 0 Å². The van der Waals surface area contributed by atoms with Crippen molar-refractivity contribution < 1.29 is 18.7 Å². The summed E-state index contributed by atoms with van der Waals surface area (Å²) in [4.78, 5) is 22.6. The molecule has 1 aromatic carbocycles. The lowest BCUT2D eigenvalue weighted by Crippen LogP contribution is -2.39. The third-order valence-corrected chi connectivity index (χ3v) is 4.24. The van der Waals surface area contributed by atoms with Crippen LogP contribution < -0.4 is 4.74 Å². The summed E-state index contributed by atoms with van der Waals surface area (Å²) < 4.78 is 24.6. The highest BCUT2D eigenvalue weighted by Gasteiger charge is 2.23. The molecule has 0 unspecified atom stereocenters. The zero-order valence-electron chi connectivity index (χ0n) is 14.7. The van der Waals surface area contributed by atoms with Crippen LogP contribution in [0.15, 0.2) is 36.7 Å². The Bertz CT molecular complexity index is 756. The van der Waals surface area contributed by atoms with Crippen molar-refractivity contribution in [1.29, 1.82) is 0 Å². The van der Waals surface area contributed by atoms with Crippen LogP contribution in [0.25, 0.3) is 0 Å². The number of ether oxygens (including phenoxy) is 2. The SMILES string of the molecule is Cc1cc(C[C@H]2COCCN(C(=O)COc3ccccc3F)C2)ncn1. The number of carbonyl (C=O) groups excluding carboxylic acids is 1. The number of hydrogen-bond acceptors (Lipinski definition) is 5. The second-order valence-corrected chi connectivity index (χ2v) is 6.35. The molecule has 1 aliphatic heterocycles. The smallest absolute Gasteiger partial charge is 0.260 e. The van der Waals surface area contributed by atoms with Crippen LogP contribution in [0.1, 0.15) is 11.4 Å².